The molecule has 0 aliphatic heterocycles. The van der Waals surface area contributed by atoms with Gasteiger partial charge in [0.1, 0.15) is 0 Å². The first-order valence-corrected chi connectivity index (χ1v) is 10.5. The molecular weight excluding hydrogens is 378 g/mol. The van der Waals surface area contributed by atoms with E-state index in [0.29, 0.717) is 0 Å². The molecule has 0 heterocycles. The van der Waals surface area contributed by atoms with Crippen molar-refractivity contribution in [2.75, 3.05) is 5.32 Å². The fraction of sp³-hybridized carbons (Fsp3) is 0.0690. The number of para-hydroxylation sites is 1. The van der Waals surface area contributed by atoms with Crippen LogP contribution in [0.2, 0.25) is 0 Å². The highest BCUT2D eigenvalue weighted by Gasteiger charge is 2.38. The van der Waals surface area contributed by atoms with E-state index in [9.17, 15) is 4.79 Å². The number of anilines is 1. The third-order valence-electron chi connectivity index (χ3n) is 5.82. The molecule has 1 N–H and O–H groups in total. The van der Waals surface area contributed by atoms with Crippen molar-refractivity contribution >= 4 is 22.7 Å². The number of benzene rings is 4. The molecule has 1 aliphatic carbocycles. The Morgan fingerprint density at radius 2 is 1.32 bits per heavy atom. The zero-order chi connectivity index (χ0) is 21.2. The summed E-state index contributed by atoms with van der Waals surface area (Å²) in [6.07, 6.45) is 0. The number of hydrogen-bond donors (Lipinski definition) is 1. The Balaban J connectivity index is 1.74. The molecule has 0 fully saturated rings. The largest absolute Gasteiger partial charge is 0.354 e. The first kappa shape index (κ1) is 19.1. The number of rotatable bonds is 4. The van der Waals surface area contributed by atoms with Gasteiger partial charge in [0, 0.05) is 5.69 Å². The van der Waals surface area contributed by atoms with E-state index < -0.39 is 0 Å². The molecule has 0 bridgehead atoms. The molecule has 5 rings (SSSR count). The second kappa shape index (κ2) is 8.08. The Bertz CT molecular complexity index is 1260. The van der Waals surface area contributed by atoms with E-state index in [2.05, 4.69) is 48.6 Å². The molecule has 0 saturated heterocycles. The summed E-state index contributed by atoms with van der Waals surface area (Å²) in [5.74, 6) is -0.156. The molecule has 1 unspecified atom stereocenters. The van der Waals surface area contributed by atoms with Crippen molar-refractivity contribution in [3.63, 3.8) is 0 Å². The van der Waals surface area contributed by atoms with Crippen LogP contribution in [-0.4, -0.2) is 5.78 Å². The average Bonchev–Trinajstić information content (AvgIpc) is 3.11. The van der Waals surface area contributed by atoms with Crippen LogP contribution in [0, 0.1) is 6.92 Å². The molecule has 0 radical (unpaired) electrons. The van der Waals surface area contributed by atoms with Crippen molar-refractivity contribution in [3.05, 3.63) is 137 Å². The van der Waals surface area contributed by atoms with Crippen LogP contribution >= 0.6 is 0 Å². The quantitative estimate of drug-likeness (QED) is 0.386. The van der Waals surface area contributed by atoms with E-state index in [4.69, 9.17) is 0 Å². The van der Waals surface area contributed by atoms with Crippen LogP contribution in [0.5, 0.6) is 0 Å². The monoisotopic (exact) mass is 401 g/mol. The van der Waals surface area contributed by atoms with Crippen LogP contribution < -0.4 is 5.32 Å². The third kappa shape index (κ3) is 3.57. The molecule has 1 aliphatic rings. The highest BCUT2D eigenvalue weighted by molar-refractivity contribution is 6.35. The van der Waals surface area contributed by atoms with Gasteiger partial charge in [-0.15, -0.1) is 0 Å². The Morgan fingerprint density at radius 1 is 0.710 bits per heavy atom. The number of allylic oxidation sites excluding steroid dienone is 1. The average molecular weight is 402 g/mol. The van der Waals surface area contributed by atoms with Crippen molar-refractivity contribution < 1.29 is 4.79 Å². The van der Waals surface area contributed by atoms with E-state index in [1.165, 1.54) is 5.56 Å². The molecule has 0 spiro atoms. The lowest BCUT2D eigenvalue weighted by Gasteiger charge is -2.16. The Hall–Kier alpha value is -3.91. The number of aryl methyl sites for hydroxylation is 1. The number of carbonyl (C=O) groups is 1. The number of ketones is 1. The number of fused-ring (bicyclic) bond motifs is 1. The summed E-state index contributed by atoms with van der Waals surface area (Å²) in [5, 5.41) is 3.56. The highest BCUT2D eigenvalue weighted by Crippen LogP contribution is 2.45. The van der Waals surface area contributed by atoms with E-state index in [-0.39, 0.29) is 11.7 Å². The molecule has 150 valence electrons. The summed E-state index contributed by atoms with van der Waals surface area (Å²) < 4.78 is 0. The molecule has 0 saturated carbocycles. The predicted molar refractivity (Wildman–Crippen MR) is 128 cm³/mol. The minimum atomic E-state index is -0.287. The number of hydrogen-bond acceptors (Lipinski definition) is 2. The lowest BCUT2D eigenvalue weighted by Crippen LogP contribution is -2.11. The van der Waals surface area contributed by atoms with Crippen LogP contribution in [0.3, 0.4) is 0 Å². The Labute approximate surface area is 182 Å². The van der Waals surface area contributed by atoms with Crippen LogP contribution in [0.15, 0.2) is 109 Å². The molecule has 4 aromatic rings. The predicted octanol–water partition coefficient (Wildman–Crippen LogP) is 6.69. The van der Waals surface area contributed by atoms with Gasteiger partial charge < -0.3 is 5.32 Å². The second-order valence-corrected chi connectivity index (χ2v) is 7.90. The molecule has 1 atom stereocenters. The van der Waals surface area contributed by atoms with Gasteiger partial charge in [0.25, 0.3) is 0 Å². The van der Waals surface area contributed by atoms with Gasteiger partial charge in [-0.05, 0) is 41.3 Å². The summed E-state index contributed by atoms with van der Waals surface area (Å²) in [6, 6.07) is 36.6. The van der Waals surface area contributed by atoms with Crippen LogP contribution in [-0.2, 0) is 4.79 Å². The van der Waals surface area contributed by atoms with Gasteiger partial charge in [-0.1, -0.05) is 103 Å². The summed E-state index contributed by atoms with van der Waals surface area (Å²) in [5.41, 5.74) is 7.83. The first-order chi connectivity index (χ1) is 15.2. The number of Topliss-reactive ketones (excluding diaryl/α,β-unsaturated/α-hetero) is 1. The minimum Gasteiger partial charge on any atom is -0.354 e. The van der Waals surface area contributed by atoms with E-state index in [1.54, 1.807) is 0 Å². The highest BCUT2D eigenvalue weighted by atomic mass is 16.1. The molecule has 4 aromatic carbocycles. The maximum atomic E-state index is 13.9. The second-order valence-electron chi connectivity index (χ2n) is 7.90. The molecule has 0 amide bonds. The van der Waals surface area contributed by atoms with Crippen molar-refractivity contribution in [1.82, 2.24) is 0 Å². The van der Waals surface area contributed by atoms with Gasteiger partial charge in [-0.25, -0.2) is 0 Å². The summed E-state index contributed by atoms with van der Waals surface area (Å²) in [4.78, 5) is 13.9. The van der Waals surface area contributed by atoms with Gasteiger partial charge in [0.2, 0.25) is 0 Å². The van der Waals surface area contributed by atoms with E-state index >= 15 is 0 Å². The maximum Gasteiger partial charge on any atom is 0.177 e. The van der Waals surface area contributed by atoms with Gasteiger partial charge >= 0.3 is 0 Å². The molecule has 31 heavy (non-hydrogen) atoms. The van der Waals surface area contributed by atoms with Crippen LogP contribution in [0.1, 0.15) is 33.7 Å². The number of nitrogens with one attached hydrogen (secondary N) is 1. The molecule has 2 heteroatoms. The van der Waals surface area contributed by atoms with Crippen molar-refractivity contribution in [2.24, 2.45) is 0 Å². The summed E-state index contributed by atoms with van der Waals surface area (Å²) in [7, 11) is 0. The fourth-order valence-corrected chi connectivity index (χ4v) is 4.29. The van der Waals surface area contributed by atoms with Crippen molar-refractivity contribution in [3.8, 4) is 0 Å². The number of carbonyl (C=O) groups excluding carboxylic acids is 1. The molecular formula is C29H23NO. The smallest absolute Gasteiger partial charge is 0.177 e. The molecule has 2 nitrogen and oxygen atoms in total. The van der Waals surface area contributed by atoms with Gasteiger partial charge in [-0.3, -0.25) is 4.79 Å². The van der Waals surface area contributed by atoms with E-state index in [0.717, 1.165) is 39.2 Å². The van der Waals surface area contributed by atoms with Crippen LogP contribution in [0.25, 0.3) is 11.3 Å². The van der Waals surface area contributed by atoms with Crippen LogP contribution in [0.4, 0.5) is 5.69 Å². The normalized spacial score (nSPS) is 16.7. The lowest BCUT2D eigenvalue weighted by molar-refractivity contribution is -0.113. The first-order valence-electron chi connectivity index (χ1n) is 10.5. The molecule has 0 aromatic heterocycles. The standard InChI is InChI=1S/C29H23NO/c1-20-16-18-22(19-17-20)28(30-23-12-6-3-7-13-23)27-25-15-9-8-14-24(25)26(29(27)31)21-10-4-2-5-11-21/h2-19,26,30H,1H3/b28-27-. The summed E-state index contributed by atoms with van der Waals surface area (Å²) in [6.45, 7) is 2.07. The topological polar surface area (TPSA) is 29.1 Å². The van der Waals surface area contributed by atoms with Crippen molar-refractivity contribution in [2.45, 2.75) is 12.8 Å². The van der Waals surface area contributed by atoms with E-state index in [1.807, 2.05) is 72.8 Å². The zero-order valence-electron chi connectivity index (χ0n) is 17.4. The minimum absolute atomic E-state index is 0.131. The summed E-state index contributed by atoms with van der Waals surface area (Å²) >= 11 is 0. The van der Waals surface area contributed by atoms with Gasteiger partial charge in [0.15, 0.2) is 5.78 Å². The van der Waals surface area contributed by atoms with Gasteiger partial charge in [-0.2, -0.15) is 0 Å². The Kier molecular flexibility index (Phi) is 4.97. The fourth-order valence-electron chi connectivity index (χ4n) is 4.29. The van der Waals surface area contributed by atoms with Gasteiger partial charge in [0.05, 0.1) is 17.2 Å². The Morgan fingerprint density at radius 3 is 2.03 bits per heavy atom. The lowest BCUT2D eigenvalue weighted by atomic mass is 9.92. The maximum absolute atomic E-state index is 13.9. The third-order valence-corrected chi connectivity index (χ3v) is 5.82. The SMILES string of the molecule is Cc1ccc(/C(Nc2ccccc2)=C2/C(=O)C(c3ccccc3)c3ccccc32)cc1. The van der Waals surface area contributed by atoms with Crippen molar-refractivity contribution in [1.29, 1.82) is 0 Å². The zero-order valence-corrected chi connectivity index (χ0v) is 17.4.